The minimum Gasteiger partial charge on any atom is -0.480 e. The number of ketones is 1. The molecule has 1 saturated heterocycles. The van der Waals surface area contributed by atoms with Gasteiger partial charge in [-0.25, -0.2) is 18.2 Å². The van der Waals surface area contributed by atoms with Crippen molar-refractivity contribution in [3.05, 3.63) is 129 Å². The summed E-state index contributed by atoms with van der Waals surface area (Å²) in [6.07, 6.45) is -1.88. The van der Waals surface area contributed by atoms with Gasteiger partial charge in [-0.1, -0.05) is 59.7 Å². The second-order valence-electron chi connectivity index (χ2n) is 12.5. The van der Waals surface area contributed by atoms with Crippen molar-refractivity contribution in [2.75, 3.05) is 26.7 Å². The number of aromatic nitrogens is 2. The number of carbonyl (C=O) groups excluding carboxylic acids is 1. The Morgan fingerprint density at radius 3 is 2.17 bits per heavy atom. The van der Waals surface area contributed by atoms with Crippen molar-refractivity contribution in [1.29, 1.82) is 0 Å². The van der Waals surface area contributed by atoms with Crippen molar-refractivity contribution in [3.63, 3.8) is 0 Å². The van der Waals surface area contributed by atoms with Crippen LogP contribution in [0.15, 0.2) is 101 Å². The maximum absolute atomic E-state index is 13.1. The number of hydrogen-bond donors (Lipinski definition) is 3. The predicted octanol–water partition coefficient (Wildman–Crippen LogP) is 6.56. The second kappa shape index (κ2) is 16.4. The van der Waals surface area contributed by atoms with Gasteiger partial charge in [0.05, 0.1) is 27.7 Å². The fourth-order valence-corrected chi connectivity index (χ4v) is 7.34. The first-order chi connectivity index (χ1) is 25.1. The summed E-state index contributed by atoms with van der Waals surface area (Å²) in [6.45, 7) is 3.80. The van der Waals surface area contributed by atoms with E-state index >= 15 is 0 Å². The zero-order chi connectivity index (χ0) is 38.5. The summed E-state index contributed by atoms with van der Waals surface area (Å²) in [6, 6.07) is 23.6. The molecule has 0 amide bonds. The Hall–Kier alpha value is -4.93. The molecule has 10 nitrogen and oxygen atoms in total. The fraction of sp³-hybridized carbons (Fsp3) is 0.237. The number of thiophene rings is 1. The molecule has 1 fully saturated rings. The fourth-order valence-electron chi connectivity index (χ4n) is 5.98. The first-order valence-corrected chi connectivity index (χ1v) is 18.9. The average Bonchev–Trinajstić information content (AvgIpc) is 3.77. The number of fused-ring (bicyclic) bond motifs is 2. The van der Waals surface area contributed by atoms with E-state index in [0.717, 1.165) is 47.1 Å². The Bertz CT molecular complexity index is 2230. The molecule has 2 aliphatic rings. The van der Waals surface area contributed by atoms with Crippen molar-refractivity contribution >= 4 is 38.7 Å². The van der Waals surface area contributed by atoms with Gasteiger partial charge in [0.1, 0.15) is 0 Å². The molecular formula is C38H38F3N5O5S2. The Balaban J connectivity index is 0.000000183. The van der Waals surface area contributed by atoms with Crippen LogP contribution in [0, 0.1) is 6.92 Å². The smallest absolute Gasteiger partial charge is 0.435 e. The molecule has 3 aromatic carbocycles. The molecule has 0 unspecified atom stereocenters. The standard InChI is InChI=1S/C19H19NOS.C17H14F3N3O2S.C2H5NO2/c1-20-9-6-13(7-10-20)18-15-5-3-2-4-14(15)12-17(21)19-16(18)8-11-22-19;1-11-2-4-12(5-3-11)15-10-16(17(18,19)20)22-23(15)13-6-8-14(9-7-13)26(21,24)25;3-1-2(4)5/h2-5,8,11H,6-7,9-10,12H2,1H3;2-10H,1H3,(H2,21,24,25);1,3H2,(H,4,5). The van der Waals surface area contributed by atoms with Gasteiger partial charge in [-0.15, -0.1) is 11.3 Å². The lowest BCUT2D eigenvalue weighted by molar-refractivity contribution is -0.141. The van der Waals surface area contributed by atoms with Crippen LogP contribution in [0.2, 0.25) is 0 Å². The van der Waals surface area contributed by atoms with Crippen molar-refractivity contribution in [1.82, 2.24) is 14.7 Å². The molecule has 3 heterocycles. The molecule has 2 aromatic heterocycles. The number of halogens is 3. The highest BCUT2D eigenvalue weighted by atomic mass is 32.2. The number of aryl methyl sites for hydroxylation is 1. The number of Topliss-reactive ketones (excluding diaryl/α,β-unsaturated/α-hetero) is 1. The van der Waals surface area contributed by atoms with Gasteiger partial charge in [0.25, 0.3) is 0 Å². The zero-order valence-electron chi connectivity index (χ0n) is 28.9. The molecular weight excluding hydrogens is 728 g/mol. The number of carbonyl (C=O) groups is 2. The van der Waals surface area contributed by atoms with Crippen LogP contribution in [-0.4, -0.2) is 66.6 Å². The summed E-state index contributed by atoms with van der Waals surface area (Å²) in [4.78, 5) is 25.0. The lowest BCUT2D eigenvalue weighted by atomic mass is 9.88. The number of nitrogens with two attached hydrogens (primary N) is 2. The number of nitrogens with zero attached hydrogens (tertiary/aromatic N) is 3. The number of primary sulfonamides is 1. The second-order valence-corrected chi connectivity index (χ2v) is 15.0. The average molecular weight is 766 g/mol. The highest BCUT2D eigenvalue weighted by Crippen LogP contribution is 2.40. The van der Waals surface area contributed by atoms with Crippen LogP contribution in [0.25, 0.3) is 22.5 Å². The van der Waals surface area contributed by atoms with E-state index in [2.05, 4.69) is 52.4 Å². The molecule has 15 heteroatoms. The number of aliphatic carboxylic acids is 1. The van der Waals surface area contributed by atoms with Crippen LogP contribution < -0.4 is 10.9 Å². The van der Waals surface area contributed by atoms with Crippen LogP contribution in [0.1, 0.15) is 50.5 Å². The molecule has 1 aliphatic heterocycles. The quantitative estimate of drug-likeness (QED) is 0.186. The number of carboxylic acids is 1. The monoisotopic (exact) mass is 765 g/mol. The van der Waals surface area contributed by atoms with Crippen LogP contribution >= 0.6 is 11.3 Å². The molecule has 0 bridgehead atoms. The number of alkyl halides is 3. The zero-order valence-corrected chi connectivity index (χ0v) is 30.6. The number of hydrogen-bond acceptors (Lipinski definition) is 8. The number of sulfonamides is 1. The number of likely N-dealkylation sites (tertiary alicyclic amines) is 1. The van der Waals surface area contributed by atoms with Gasteiger partial charge < -0.3 is 15.7 Å². The largest absolute Gasteiger partial charge is 0.480 e. The normalized spacial score (nSPS) is 14.6. The van der Waals surface area contributed by atoms with Gasteiger partial charge in [0.15, 0.2) is 11.5 Å². The summed E-state index contributed by atoms with van der Waals surface area (Å²) >= 11 is 1.59. The highest BCUT2D eigenvalue weighted by Gasteiger charge is 2.35. The highest BCUT2D eigenvalue weighted by molar-refractivity contribution is 7.89. The lowest BCUT2D eigenvalue weighted by Gasteiger charge is -2.27. The molecule has 7 rings (SSSR count). The van der Waals surface area contributed by atoms with Gasteiger partial charge in [-0.3, -0.25) is 9.59 Å². The number of carboxylic acid groups (broad SMARTS) is 1. The molecule has 0 atom stereocenters. The summed E-state index contributed by atoms with van der Waals surface area (Å²) in [7, 11) is -1.71. The molecule has 53 heavy (non-hydrogen) atoms. The Morgan fingerprint density at radius 2 is 1.58 bits per heavy atom. The van der Waals surface area contributed by atoms with Crippen LogP contribution in [-0.2, 0) is 27.4 Å². The topological polar surface area (TPSA) is 162 Å². The summed E-state index contributed by atoms with van der Waals surface area (Å²) in [5.41, 5.74) is 12.0. The maximum Gasteiger partial charge on any atom is 0.435 e. The van der Waals surface area contributed by atoms with Gasteiger partial charge in [0, 0.05) is 30.6 Å². The van der Waals surface area contributed by atoms with Crippen molar-refractivity contribution in [2.45, 2.75) is 37.3 Å². The molecule has 1 aliphatic carbocycles. The van der Waals surface area contributed by atoms with E-state index < -0.39 is 27.9 Å². The van der Waals surface area contributed by atoms with E-state index in [9.17, 15) is 31.2 Å². The van der Waals surface area contributed by atoms with E-state index in [1.54, 1.807) is 35.6 Å². The van der Waals surface area contributed by atoms with E-state index in [0.29, 0.717) is 12.0 Å². The number of piperidine rings is 1. The van der Waals surface area contributed by atoms with Crippen LogP contribution in [0.4, 0.5) is 13.2 Å². The van der Waals surface area contributed by atoms with E-state index in [1.807, 2.05) is 13.0 Å². The van der Waals surface area contributed by atoms with E-state index in [-0.39, 0.29) is 28.6 Å². The van der Waals surface area contributed by atoms with Gasteiger partial charge in [-0.05, 0) is 85.3 Å². The van der Waals surface area contributed by atoms with Gasteiger partial charge in [-0.2, -0.15) is 18.3 Å². The third kappa shape index (κ3) is 9.55. The Morgan fingerprint density at radius 1 is 0.962 bits per heavy atom. The first-order valence-electron chi connectivity index (χ1n) is 16.5. The molecule has 5 N–H and O–H groups in total. The minimum atomic E-state index is -4.61. The first kappa shape index (κ1) is 39.3. The van der Waals surface area contributed by atoms with Crippen molar-refractivity contribution < 1.29 is 36.3 Å². The molecule has 0 saturated carbocycles. The lowest BCUT2D eigenvalue weighted by Crippen LogP contribution is -2.27. The molecule has 0 spiro atoms. The predicted molar refractivity (Wildman–Crippen MR) is 198 cm³/mol. The minimum absolute atomic E-state index is 0.138. The number of rotatable bonds is 4. The molecule has 0 radical (unpaired) electrons. The summed E-state index contributed by atoms with van der Waals surface area (Å²) in [5, 5.41) is 18.4. The van der Waals surface area contributed by atoms with Crippen LogP contribution in [0.3, 0.4) is 0 Å². The van der Waals surface area contributed by atoms with Crippen LogP contribution in [0.5, 0.6) is 0 Å². The Labute approximate surface area is 309 Å². The van der Waals surface area contributed by atoms with Gasteiger partial charge >= 0.3 is 12.1 Å². The summed E-state index contributed by atoms with van der Waals surface area (Å²) < 4.78 is 63.2. The SMILES string of the molecule is CN1CCC(=C2c3ccccc3CC(=O)c3sccc32)CC1.Cc1ccc(-c2cc(C(F)(F)F)nn2-c2ccc(S(N)(=O)=O)cc2)cc1.NCC(=O)O. The van der Waals surface area contributed by atoms with E-state index in [1.165, 1.54) is 52.1 Å². The number of benzene rings is 3. The van der Waals surface area contributed by atoms with Crippen molar-refractivity contribution in [3.8, 4) is 16.9 Å². The maximum atomic E-state index is 13.1. The molecule has 5 aromatic rings. The van der Waals surface area contributed by atoms with Crippen molar-refractivity contribution in [2.24, 2.45) is 10.9 Å². The van der Waals surface area contributed by atoms with Gasteiger partial charge in [0.2, 0.25) is 10.0 Å². The molecule has 278 valence electrons. The summed E-state index contributed by atoms with van der Waals surface area (Å²) in [5.74, 6) is -0.703. The van der Waals surface area contributed by atoms with E-state index in [4.69, 9.17) is 10.2 Å². The third-order valence-electron chi connectivity index (χ3n) is 8.70. The third-order valence-corrected chi connectivity index (χ3v) is 10.6. The Kier molecular flexibility index (Phi) is 12.1.